The van der Waals surface area contributed by atoms with Crippen LogP contribution >= 0.6 is 11.8 Å². The monoisotopic (exact) mass is 413 g/mol. The van der Waals surface area contributed by atoms with Gasteiger partial charge >= 0.3 is 0 Å². The van der Waals surface area contributed by atoms with Crippen molar-refractivity contribution in [1.29, 1.82) is 0 Å². The first-order valence-corrected chi connectivity index (χ1v) is 10.2. The molecule has 0 aliphatic rings. The molecule has 0 aliphatic carbocycles. The van der Waals surface area contributed by atoms with E-state index < -0.39 is 0 Å². The van der Waals surface area contributed by atoms with Crippen LogP contribution in [0.15, 0.2) is 93.6 Å². The Labute approximate surface area is 176 Å². The highest BCUT2D eigenvalue weighted by Gasteiger charge is 2.17. The van der Waals surface area contributed by atoms with E-state index >= 15 is 0 Å². The summed E-state index contributed by atoms with van der Waals surface area (Å²) in [5.41, 5.74) is 3.44. The number of aromatic nitrogens is 3. The molecule has 5 aromatic rings. The summed E-state index contributed by atoms with van der Waals surface area (Å²) in [6, 6.07) is 17.3. The predicted molar refractivity (Wildman–Crippen MR) is 114 cm³/mol. The standard InChI is InChI=1S/C23H15N3O3S/c27-20(17-6-5-15-3-1-2-4-16(15)11-17)14-30-23-24-21(18-7-9-28-12-18)22(25-26-23)19-8-10-29-13-19/h1-13H,14H2. The summed E-state index contributed by atoms with van der Waals surface area (Å²) in [5.74, 6) is 0.230. The van der Waals surface area contributed by atoms with E-state index in [2.05, 4.69) is 15.2 Å². The number of ketones is 1. The van der Waals surface area contributed by atoms with Crippen molar-refractivity contribution in [3.8, 4) is 22.5 Å². The zero-order chi connectivity index (χ0) is 20.3. The Balaban J connectivity index is 1.39. The Morgan fingerprint density at radius 2 is 1.57 bits per heavy atom. The molecule has 0 fully saturated rings. The summed E-state index contributed by atoms with van der Waals surface area (Å²) in [5, 5.41) is 11.1. The number of hydrogen-bond acceptors (Lipinski definition) is 7. The van der Waals surface area contributed by atoms with Crippen LogP contribution in [-0.4, -0.2) is 26.7 Å². The molecule has 2 aromatic carbocycles. The number of carbonyl (C=O) groups excluding carboxylic acids is 1. The molecular weight excluding hydrogens is 398 g/mol. The number of benzene rings is 2. The fraction of sp³-hybridized carbons (Fsp3) is 0.0435. The van der Waals surface area contributed by atoms with Gasteiger partial charge in [0.2, 0.25) is 5.16 Å². The van der Waals surface area contributed by atoms with Gasteiger partial charge in [0.25, 0.3) is 0 Å². The lowest BCUT2D eigenvalue weighted by Crippen LogP contribution is -2.04. The molecule has 6 nitrogen and oxygen atoms in total. The molecular formula is C23H15N3O3S. The molecule has 0 bridgehead atoms. The lowest BCUT2D eigenvalue weighted by atomic mass is 10.1. The Kier molecular flexibility index (Phi) is 4.86. The molecule has 0 spiro atoms. The van der Waals surface area contributed by atoms with E-state index in [1.54, 1.807) is 31.1 Å². The largest absolute Gasteiger partial charge is 0.472 e. The lowest BCUT2D eigenvalue weighted by Gasteiger charge is -2.06. The third-order valence-electron chi connectivity index (χ3n) is 4.66. The van der Waals surface area contributed by atoms with Gasteiger partial charge in [0, 0.05) is 16.7 Å². The molecule has 0 radical (unpaired) electrons. The molecule has 30 heavy (non-hydrogen) atoms. The first kappa shape index (κ1) is 18.3. The Bertz CT molecular complexity index is 1320. The second-order valence-corrected chi connectivity index (χ2v) is 7.53. The molecule has 3 aromatic heterocycles. The van der Waals surface area contributed by atoms with Gasteiger partial charge in [-0.05, 0) is 29.0 Å². The van der Waals surface area contributed by atoms with Gasteiger partial charge in [-0.3, -0.25) is 4.79 Å². The number of rotatable bonds is 6. The van der Waals surface area contributed by atoms with Crippen LogP contribution in [0, 0.1) is 0 Å². The number of nitrogens with zero attached hydrogens (tertiary/aromatic N) is 3. The number of hydrogen-bond donors (Lipinski definition) is 0. The minimum absolute atomic E-state index is 0.0122. The Morgan fingerprint density at radius 3 is 2.30 bits per heavy atom. The van der Waals surface area contributed by atoms with Crippen LogP contribution in [0.25, 0.3) is 33.3 Å². The van der Waals surface area contributed by atoms with Crippen molar-refractivity contribution < 1.29 is 13.6 Å². The summed E-state index contributed by atoms with van der Waals surface area (Å²) in [6.07, 6.45) is 6.33. The van der Waals surface area contributed by atoms with Gasteiger partial charge in [-0.1, -0.05) is 48.2 Å². The van der Waals surface area contributed by atoms with Crippen LogP contribution in [-0.2, 0) is 0 Å². The molecule has 0 N–H and O–H groups in total. The number of thioether (sulfide) groups is 1. The van der Waals surface area contributed by atoms with E-state index in [9.17, 15) is 4.79 Å². The number of carbonyl (C=O) groups is 1. The van der Waals surface area contributed by atoms with E-state index in [0.29, 0.717) is 22.1 Å². The molecule has 0 unspecified atom stereocenters. The van der Waals surface area contributed by atoms with Crippen molar-refractivity contribution in [3.63, 3.8) is 0 Å². The highest BCUT2D eigenvalue weighted by atomic mass is 32.2. The van der Waals surface area contributed by atoms with Gasteiger partial charge in [-0.15, -0.1) is 10.2 Å². The van der Waals surface area contributed by atoms with Crippen LogP contribution < -0.4 is 0 Å². The van der Waals surface area contributed by atoms with Gasteiger partial charge in [0.15, 0.2) is 5.78 Å². The first-order valence-electron chi connectivity index (χ1n) is 9.22. The van der Waals surface area contributed by atoms with Gasteiger partial charge in [-0.25, -0.2) is 4.98 Å². The molecule has 0 amide bonds. The molecule has 3 heterocycles. The summed E-state index contributed by atoms with van der Waals surface area (Å²) in [7, 11) is 0. The van der Waals surface area contributed by atoms with Crippen molar-refractivity contribution in [2.75, 3.05) is 5.75 Å². The molecule has 0 saturated heterocycles. The van der Waals surface area contributed by atoms with E-state index in [0.717, 1.165) is 21.9 Å². The van der Waals surface area contributed by atoms with Crippen molar-refractivity contribution in [3.05, 3.63) is 85.2 Å². The number of fused-ring (bicyclic) bond motifs is 1. The lowest BCUT2D eigenvalue weighted by molar-refractivity contribution is 0.102. The Morgan fingerprint density at radius 1 is 0.833 bits per heavy atom. The van der Waals surface area contributed by atoms with Crippen molar-refractivity contribution in [1.82, 2.24) is 15.2 Å². The topological polar surface area (TPSA) is 82.0 Å². The van der Waals surface area contributed by atoms with E-state index in [-0.39, 0.29) is 11.5 Å². The number of Topliss-reactive ketones (excluding diaryl/α,β-unsaturated/α-hetero) is 1. The maximum absolute atomic E-state index is 12.7. The summed E-state index contributed by atoms with van der Waals surface area (Å²) in [6.45, 7) is 0. The molecule has 146 valence electrons. The third kappa shape index (κ3) is 3.62. The maximum atomic E-state index is 12.7. The smallest absolute Gasteiger partial charge is 0.210 e. The number of furan rings is 2. The fourth-order valence-corrected chi connectivity index (χ4v) is 3.82. The van der Waals surface area contributed by atoms with Crippen molar-refractivity contribution in [2.24, 2.45) is 0 Å². The molecule has 0 aliphatic heterocycles. The second kappa shape index (κ2) is 7.96. The normalized spacial score (nSPS) is 11.1. The van der Waals surface area contributed by atoms with Crippen LogP contribution in [0.3, 0.4) is 0 Å². The average molecular weight is 413 g/mol. The highest BCUT2D eigenvalue weighted by Crippen LogP contribution is 2.30. The summed E-state index contributed by atoms with van der Waals surface area (Å²) >= 11 is 1.26. The first-order chi connectivity index (χ1) is 14.8. The van der Waals surface area contributed by atoms with E-state index in [1.165, 1.54) is 11.8 Å². The summed E-state index contributed by atoms with van der Waals surface area (Å²) < 4.78 is 10.4. The van der Waals surface area contributed by atoms with Crippen LogP contribution in [0.1, 0.15) is 10.4 Å². The van der Waals surface area contributed by atoms with E-state index in [4.69, 9.17) is 8.83 Å². The second-order valence-electron chi connectivity index (χ2n) is 6.59. The van der Waals surface area contributed by atoms with Gasteiger partial charge < -0.3 is 8.83 Å². The molecule has 7 heteroatoms. The fourth-order valence-electron chi connectivity index (χ4n) is 3.14. The van der Waals surface area contributed by atoms with Crippen molar-refractivity contribution >= 4 is 28.3 Å². The maximum Gasteiger partial charge on any atom is 0.210 e. The van der Waals surface area contributed by atoms with Gasteiger partial charge in [0.1, 0.15) is 11.4 Å². The minimum Gasteiger partial charge on any atom is -0.472 e. The van der Waals surface area contributed by atoms with Crippen LogP contribution in [0.5, 0.6) is 0 Å². The zero-order valence-corrected chi connectivity index (χ0v) is 16.5. The van der Waals surface area contributed by atoms with E-state index in [1.807, 2.05) is 48.5 Å². The molecule has 0 saturated carbocycles. The third-order valence-corrected chi connectivity index (χ3v) is 5.50. The minimum atomic E-state index is 0.0122. The van der Waals surface area contributed by atoms with Crippen molar-refractivity contribution in [2.45, 2.75) is 5.16 Å². The van der Waals surface area contributed by atoms with Gasteiger partial charge in [0.05, 0.1) is 30.8 Å². The summed E-state index contributed by atoms with van der Waals surface area (Å²) in [4.78, 5) is 17.3. The Hall–Kier alpha value is -3.71. The van der Waals surface area contributed by atoms with Gasteiger partial charge in [-0.2, -0.15) is 0 Å². The predicted octanol–water partition coefficient (Wildman–Crippen LogP) is 5.52. The quantitative estimate of drug-likeness (QED) is 0.268. The SMILES string of the molecule is O=C(CSc1nnc(-c2ccoc2)c(-c2ccoc2)n1)c1ccc2ccccc2c1. The highest BCUT2D eigenvalue weighted by molar-refractivity contribution is 7.99. The zero-order valence-electron chi connectivity index (χ0n) is 15.7. The van der Waals surface area contributed by atoms with Crippen LogP contribution in [0.2, 0.25) is 0 Å². The molecule has 0 atom stereocenters. The van der Waals surface area contributed by atoms with Crippen LogP contribution in [0.4, 0.5) is 0 Å². The average Bonchev–Trinajstić information content (AvgIpc) is 3.51. The molecule has 5 rings (SSSR count).